The zero-order valence-electron chi connectivity index (χ0n) is 12.1. The van der Waals surface area contributed by atoms with Gasteiger partial charge in [-0.25, -0.2) is 0 Å². The summed E-state index contributed by atoms with van der Waals surface area (Å²) in [4.78, 5) is 26.4. The van der Waals surface area contributed by atoms with Crippen LogP contribution < -0.4 is 4.90 Å². The Hall–Kier alpha value is -1.95. The molecule has 0 bridgehead atoms. The molecule has 112 valence electrons. The van der Waals surface area contributed by atoms with Crippen molar-refractivity contribution in [2.24, 2.45) is 0 Å². The molecule has 2 heterocycles. The topological polar surface area (TPSA) is 66.7 Å². The van der Waals surface area contributed by atoms with Crippen LogP contribution in [0.25, 0.3) is 0 Å². The predicted molar refractivity (Wildman–Crippen MR) is 79.9 cm³/mol. The Morgan fingerprint density at radius 2 is 2.19 bits per heavy atom. The van der Waals surface area contributed by atoms with E-state index < -0.39 is 4.92 Å². The average Bonchev–Trinajstić information content (AvgIpc) is 2.92. The number of anilines is 1. The molecule has 6 heteroatoms. The molecule has 2 atom stereocenters. The summed E-state index contributed by atoms with van der Waals surface area (Å²) in [6.45, 7) is 5.17. The Balaban J connectivity index is 1.91. The van der Waals surface area contributed by atoms with E-state index in [0.717, 1.165) is 31.6 Å². The van der Waals surface area contributed by atoms with Crippen molar-refractivity contribution in [3.8, 4) is 0 Å². The predicted octanol–water partition coefficient (Wildman–Crippen LogP) is 2.08. The number of carbonyl (C=O) groups is 1. The van der Waals surface area contributed by atoms with Crippen LogP contribution in [0.15, 0.2) is 18.2 Å². The minimum Gasteiger partial charge on any atom is -0.365 e. The van der Waals surface area contributed by atoms with E-state index in [1.165, 1.54) is 25.0 Å². The lowest BCUT2D eigenvalue weighted by atomic mass is 10.0. The minimum atomic E-state index is -0.463. The fraction of sp³-hybridized carbons (Fsp3) is 0.533. The molecule has 0 radical (unpaired) electrons. The third kappa shape index (κ3) is 2.51. The summed E-state index contributed by atoms with van der Waals surface area (Å²) in [7, 11) is 0. The fourth-order valence-electron chi connectivity index (χ4n) is 3.53. The highest BCUT2D eigenvalue weighted by Crippen LogP contribution is 2.31. The van der Waals surface area contributed by atoms with Crippen LogP contribution in [0, 0.1) is 10.1 Å². The van der Waals surface area contributed by atoms with Crippen molar-refractivity contribution in [2.45, 2.75) is 31.8 Å². The molecule has 2 saturated heterocycles. The molecule has 0 spiro atoms. The maximum atomic E-state index is 11.3. The maximum absolute atomic E-state index is 11.3. The molecule has 1 aromatic carbocycles. The second kappa shape index (κ2) is 5.44. The molecule has 0 amide bonds. The van der Waals surface area contributed by atoms with Crippen LogP contribution in [0.2, 0.25) is 0 Å². The summed E-state index contributed by atoms with van der Waals surface area (Å²) >= 11 is 0. The zero-order chi connectivity index (χ0) is 15.0. The summed E-state index contributed by atoms with van der Waals surface area (Å²) in [5.41, 5.74) is 1.19. The molecule has 0 aromatic heterocycles. The van der Waals surface area contributed by atoms with Crippen molar-refractivity contribution in [3.63, 3.8) is 0 Å². The molecule has 0 saturated carbocycles. The van der Waals surface area contributed by atoms with Crippen molar-refractivity contribution >= 4 is 17.7 Å². The van der Waals surface area contributed by atoms with Crippen LogP contribution in [0.1, 0.15) is 30.1 Å². The molecule has 6 nitrogen and oxygen atoms in total. The summed E-state index contributed by atoms with van der Waals surface area (Å²) < 4.78 is 0. The number of rotatable bonds is 3. The van der Waals surface area contributed by atoms with Gasteiger partial charge in [-0.1, -0.05) is 0 Å². The highest BCUT2D eigenvalue weighted by molar-refractivity contribution is 5.86. The SMILES string of the molecule is CC1CN2CCCC2CN1c1ccc([N+](=O)[O-])cc1C=O. The first-order valence-electron chi connectivity index (χ1n) is 7.34. The molecular formula is C15H19N3O3. The number of non-ortho nitro benzene ring substituents is 1. The van der Waals surface area contributed by atoms with E-state index in [0.29, 0.717) is 17.6 Å². The molecule has 2 aliphatic rings. The van der Waals surface area contributed by atoms with Gasteiger partial charge in [0, 0.05) is 48.6 Å². The number of aldehydes is 1. The van der Waals surface area contributed by atoms with Gasteiger partial charge in [-0.05, 0) is 32.4 Å². The van der Waals surface area contributed by atoms with Crippen LogP contribution in [0.5, 0.6) is 0 Å². The molecule has 0 aliphatic carbocycles. The summed E-state index contributed by atoms with van der Waals surface area (Å²) in [6, 6.07) is 5.41. The second-order valence-electron chi connectivity index (χ2n) is 5.91. The van der Waals surface area contributed by atoms with Crippen LogP contribution in [-0.2, 0) is 0 Å². The fourth-order valence-corrected chi connectivity index (χ4v) is 3.53. The van der Waals surface area contributed by atoms with E-state index in [1.54, 1.807) is 6.07 Å². The molecular weight excluding hydrogens is 270 g/mol. The first-order valence-corrected chi connectivity index (χ1v) is 7.34. The number of hydrogen-bond acceptors (Lipinski definition) is 5. The lowest BCUT2D eigenvalue weighted by Gasteiger charge is -2.44. The molecule has 3 rings (SSSR count). The smallest absolute Gasteiger partial charge is 0.270 e. The number of piperazine rings is 1. The first kappa shape index (κ1) is 14.0. The molecule has 0 N–H and O–H groups in total. The van der Waals surface area contributed by atoms with Gasteiger partial charge >= 0.3 is 0 Å². The van der Waals surface area contributed by atoms with Crippen molar-refractivity contribution in [3.05, 3.63) is 33.9 Å². The van der Waals surface area contributed by atoms with E-state index in [2.05, 4.69) is 16.7 Å². The van der Waals surface area contributed by atoms with E-state index in [4.69, 9.17) is 0 Å². The van der Waals surface area contributed by atoms with Gasteiger partial charge in [-0.15, -0.1) is 0 Å². The van der Waals surface area contributed by atoms with Crippen LogP contribution in [-0.4, -0.2) is 47.8 Å². The highest BCUT2D eigenvalue weighted by atomic mass is 16.6. The summed E-state index contributed by atoms with van der Waals surface area (Å²) in [5.74, 6) is 0. The van der Waals surface area contributed by atoms with Gasteiger partial charge < -0.3 is 4.90 Å². The quantitative estimate of drug-likeness (QED) is 0.484. The molecule has 2 aliphatic heterocycles. The lowest BCUT2D eigenvalue weighted by Crippen LogP contribution is -2.55. The van der Waals surface area contributed by atoms with Crippen LogP contribution in [0.4, 0.5) is 11.4 Å². The number of benzene rings is 1. The Bertz CT molecular complexity index is 575. The summed E-state index contributed by atoms with van der Waals surface area (Å²) in [5, 5.41) is 10.8. The molecule has 2 unspecified atom stereocenters. The standard InChI is InChI=1S/C15H19N3O3/c1-11-8-16-6-2-3-14(16)9-17(11)15-5-4-13(18(20)21)7-12(15)10-19/h4-5,7,10-11,14H,2-3,6,8-9H2,1H3. The zero-order valence-corrected chi connectivity index (χ0v) is 12.1. The molecule has 1 aromatic rings. The number of nitrogens with zero attached hydrogens (tertiary/aromatic N) is 3. The third-order valence-electron chi connectivity index (χ3n) is 4.60. The highest BCUT2D eigenvalue weighted by Gasteiger charge is 2.35. The van der Waals surface area contributed by atoms with Gasteiger partial charge in [0.25, 0.3) is 5.69 Å². The number of carbonyl (C=O) groups excluding carboxylic acids is 1. The van der Waals surface area contributed by atoms with Gasteiger partial charge in [-0.2, -0.15) is 0 Å². The Kier molecular flexibility index (Phi) is 3.63. The van der Waals surface area contributed by atoms with E-state index in [1.807, 2.05) is 0 Å². The van der Waals surface area contributed by atoms with Gasteiger partial charge in [0.1, 0.15) is 0 Å². The minimum absolute atomic E-state index is 0.0343. The monoisotopic (exact) mass is 289 g/mol. The van der Waals surface area contributed by atoms with Gasteiger partial charge in [0.2, 0.25) is 0 Å². The number of nitro benzene ring substituents is 1. The van der Waals surface area contributed by atoms with Crippen molar-refractivity contribution in [1.82, 2.24) is 4.90 Å². The number of hydrogen-bond donors (Lipinski definition) is 0. The second-order valence-corrected chi connectivity index (χ2v) is 5.91. The lowest BCUT2D eigenvalue weighted by molar-refractivity contribution is -0.384. The average molecular weight is 289 g/mol. The van der Waals surface area contributed by atoms with E-state index in [9.17, 15) is 14.9 Å². The van der Waals surface area contributed by atoms with E-state index >= 15 is 0 Å². The van der Waals surface area contributed by atoms with Gasteiger partial charge in [0.05, 0.1) is 4.92 Å². The Morgan fingerprint density at radius 3 is 2.90 bits per heavy atom. The van der Waals surface area contributed by atoms with Gasteiger partial charge in [-0.3, -0.25) is 19.8 Å². The Morgan fingerprint density at radius 1 is 1.38 bits per heavy atom. The van der Waals surface area contributed by atoms with Crippen molar-refractivity contribution in [2.75, 3.05) is 24.5 Å². The van der Waals surface area contributed by atoms with Crippen molar-refractivity contribution in [1.29, 1.82) is 0 Å². The van der Waals surface area contributed by atoms with Crippen LogP contribution >= 0.6 is 0 Å². The number of fused-ring (bicyclic) bond motifs is 1. The van der Waals surface area contributed by atoms with Crippen LogP contribution in [0.3, 0.4) is 0 Å². The van der Waals surface area contributed by atoms with Crippen molar-refractivity contribution < 1.29 is 9.72 Å². The largest absolute Gasteiger partial charge is 0.365 e. The summed E-state index contributed by atoms with van der Waals surface area (Å²) in [6.07, 6.45) is 3.13. The maximum Gasteiger partial charge on any atom is 0.270 e. The third-order valence-corrected chi connectivity index (χ3v) is 4.60. The number of nitro groups is 1. The Labute approximate surface area is 123 Å². The first-order chi connectivity index (χ1) is 10.1. The molecule has 21 heavy (non-hydrogen) atoms. The molecule has 2 fully saturated rings. The normalized spacial score (nSPS) is 25.7. The van der Waals surface area contributed by atoms with E-state index in [-0.39, 0.29) is 5.69 Å². The van der Waals surface area contributed by atoms with Gasteiger partial charge in [0.15, 0.2) is 6.29 Å².